The maximum absolute atomic E-state index is 12.5. The standard InChI is InChI=1S/C16H18BrN3O2/c1-9-15(10-2-4-20(9)5-3-10)19-16(21)12-7-13-11(8-18-12)6-14(17)22-13/h6-10,15H,2-5H2,1H3,(H,19,21). The Kier molecular flexibility index (Phi) is 3.46. The fourth-order valence-corrected chi connectivity index (χ4v) is 4.22. The van der Waals surface area contributed by atoms with Crippen LogP contribution in [-0.2, 0) is 0 Å². The summed E-state index contributed by atoms with van der Waals surface area (Å²) in [6.45, 7) is 4.52. The molecule has 2 aromatic heterocycles. The number of rotatable bonds is 2. The van der Waals surface area contributed by atoms with Crippen LogP contribution in [0.25, 0.3) is 11.0 Å². The van der Waals surface area contributed by atoms with Crippen LogP contribution in [0.1, 0.15) is 30.3 Å². The summed E-state index contributed by atoms with van der Waals surface area (Å²) in [5, 5.41) is 4.08. The smallest absolute Gasteiger partial charge is 0.270 e. The highest BCUT2D eigenvalue weighted by Crippen LogP contribution is 2.32. The van der Waals surface area contributed by atoms with Gasteiger partial charge in [-0.1, -0.05) is 0 Å². The van der Waals surface area contributed by atoms with Gasteiger partial charge in [-0.2, -0.15) is 0 Å². The molecule has 5 heterocycles. The van der Waals surface area contributed by atoms with Crippen molar-refractivity contribution in [3.8, 4) is 0 Å². The van der Waals surface area contributed by atoms with E-state index in [1.807, 2.05) is 6.07 Å². The molecule has 0 saturated carbocycles. The van der Waals surface area contributed by atoms with Crippen LogP contribution in [0.5, 0.6) is 0 Å². The second-order valence-corrected chi connectivity index (χ2v) is 7.05. The topological polar surface area (TPSA) is 58.4 Å². The quantitative estimate of drug-likeness (QED) is 0.891. The van der Waals surface area contributed by atoms with Gasteiger partial charge in [0.25, 0.3) is 5.91 Å². The van der Waals surface area contributed by atoms with Crippen LogP contribution in [0, 0.1) is 5.92 Å². The highest BCUT2D eigenvalue weighted by molar-refractivity contribution is 9.10. The number of fused-ring (bicyclic) bond motifs is 4. The number of halogens is 1. The lowest BCUT2D eigenvalue weighted by Crippen LogP contribution is -2.62. The van der Waals surface area contributed by atoms with Crippen molar-refractivity contribution in [1.29, 1.82) is 0 Å². The van der Waals surface area contributed by atoms with Gasteiger partial charge < -0.3 is 9.73 Å². The highest BCUT2D eigenvalue weighted by atomic mass is 79.9. The summed E-state index contributed by atoms with van der Waals surface area (Å²) >= 11 is 3.30. The Labute approximate surface area is 137 Å². The van der Waals surface area contributed by atoms with Crippen LogP contribution in [-0.4, -0.2) is 41.0 Å². The number of nitrogens with one attached hydrogen (secondary N) is 1. The Morgan fingerprint density at radius 3 is 2.91 bits per heavy atom. The zero-order valence-electron chi connectivity index (χ0n) is 12.4. The van der Waals surface area contributed by atoms with Crippen LogP contribution in [0.2, 0.25) is 0 Å². The molecule has 6 heteroatoms. The molecule has 3 fully saturated rings. The molecule has 1 N–H and O–H groups in total. The minimum Gasteiger partial charge on any atom is -0.449 e. The van der Waals surface area contributed by atoms with Gasteiger partial charge in [-0.3, -0.25) is 14.7 Å². The third-order valence-corrected chi connectivity index (χ3v) is 5.47. The van der Waals surface area contributed by atoms with Crippen molar-refractivity contribution >= 4 is 32.8 Å². The number of hydrogen-bond acceptors (Lipinski definition) is 4. The molecule has 0 radical (unpaired) electrons. The van der Waals surface area contributed by atoms with Crippen LogP contribution < -0.4 is 5.32 Å². The molecule has 2 unspecified atom stereocenters. The highest BCUT2D eigenvalue weighted by Gasteiger charge is 2.40. The normalized spacial score (nSPS) is 30.6. The molecule has 3 aliphatic heterocycles. The van der Waals surface area contributed by atoms with Gasteiger partial charge in [0.05, 0.1) is 0 Å². The number of aromatic nitrogens is 1. The van der Waals surface area contributed by atoms with E-state index in [-0.39, 0.29) is 11.9 Å². The third-order valence-electron chi connectivity index (χ3n) is 5.08. The zero-order valence-corrected chi connectivity index (χ0v) is 14.0. The number of pyridine rings is 1. The summed E-state index contributed by atoms with van der Waals surface area (Å²) in [6, 6.07) is 4.18. The third kappa shape index (κ3) is 2.34. The second kappa shape index (κ2) is 5.35. The Bertz CT molecular complexity index is 719. The van der Waals surface area contributed by atoms with Gasteiger partial charge in [0.1, 0.15) is 11.3 Å². The fourth-order valence-electron chi connectivity index (χ4n) is 3.80. The van der Waals surface area contributed by atoms with Crippen molar-refractivity contribution in [2.45, 2.75) is 31.8 Å². The Hall–Kier alpha value is -1.40. The number of furan rings is 1. The van der Waals surface area contributed by atoms with Crippen LogP contribution >= 0.6 is 15.9 Å². The summed E-state index contributed by atoms with van der Waals surface area (Å²) in [7, 11) is 0. The monoisotopic (exact) mass is 363 g/mol. The minimum absolute atomic E-state index is 0.111. The average molecular weight is 364 g/mol. The number of amides is 1. The van der Waals surface area contributed by atoms with Crippen molar-refractivity contribution in [1.82, 2.24) is 15.2 Å². The van der Waals surface area contributed by atoms with Gasteiger partial charge in [0.2, 0.25) is 0 Å². The predicted octanol–water partition coefficient (Wildman–Crippen LogP) is 2.80. The summed E-state index contributed by atoms with van der Waals surface area (Å²) in [5.74, 6) is 0.477. The van der Waals surface area contributed by atoms with E-state index in [0.29, 0.717) is 27.9 Å². The van der Waals surface area contributed by atoms with E-state index in [0.717, 1.165) is 18.5 Å². The molecule has 3 aliphatic rings. The van der Waals surface area contributed by atoms with Crippen molar-refractivity contribution < 1.29 is 9.21 Å². The molecule has 116 valence electrons. The Balaban J connectivity index is 1.55. The molecule has 0 aliphatic carbocycles. The number of carbonyl (C=O) groups excluding carboxylic acids is 1. The predicted molar refractivity (Wildman–Crippen MR) is 86.7 cm³/mol. The second-order valence-electron chi connectivity index (χ2n) is 6.27. The van der Waals surface area contributed by atoms with Gasteiger partial charge in [-0.05, 0) is 54.7 Å². The molecule has 1 amide bonds. The van der Waals surface area contributed by atoms with E-state index < -0.39 is 0 Å². The number of nitrogens with zero attached hydrogens (tertiary/aromatic N) is 2. The van der Waals surface area contributed by atoms with Crippen molar-refractivity contribution in [3.63, 3.8) is 0 Å². The van der Waals surface area contributed by atoms with E-state index >= 15 is 0 Å². The SMILES string of the molecule is CC1C(NC(=O)c2cc3oc(Br)cc3cn2)C2CCN1CC2. The molecule has 3 saturated heterocycles. The zero-order chi connectivity index (χ0) is 15.3. The van der Waals surface area contributed by atoms with E-state index in [9.17, 15) is 4.79 Å². The van der Waals surface area contributed by atoms with E-state index in [1.54, 1.807) is 12.3 Å². The first-order valence-corrected chi connectivity index (χ1v) is 8.51. The van der Waals surface area contributed by atoms with Crippen molar-refractivity contribution in [2.75, 3.05) is 13.1 Å². The van der Waals surface area contributed by atoms with Gasteiger partial charge in [-0.15, -0.1) is 0 Å². The maximum Gasteiger partial charge on any atom is 0.270 e. The molecular weight excluding hydrogens is 346 g/mol. The average Bonchev–Trinajstić information content (AvgIpc) is 2.90. The number of hydrogen-bond donors (Lipinski definition) is 1. The molecule has 0 spiro atoms. The molecule has 22 heavy (non-hydrogen) atoms. The Morgan fingerprint density at radius 2 is 2.18 bits per heavy atom. The van der Waals surface area contributed by atoms with Gasteiger partial charge >= 0.3 is 0 Å². The summed E-state index contributed by atoms with van der Waals surface area (Å²) < 4.78 is 6.15. The van der Waals surface area contributed by atoms with Crippen LogP contribution in [0.4, 0.5) is 0 Å². The van der Waals surface area contributed by atoms with Crippen molar-refractivity contribution in [2.24, 2.45) is 5.92 Å². The van der Waals surface area contributed by atoms with E-state index in [4.69, 9.17) is 4.42 Å². The first-order chi connectivity index (χ1) is 10.6. The number of piperidine rings is 3. The largest absolute Gasteiger partial charge is 0.449 e. The molecule has 2 bridgehead atoms. The molecule has 2 aromatic rings. The molecular formula is C16H18BrN3O2. The van der Waals surface area contributed by atoms with Crippen LogP contribution in [0.15, 0.2) is 27.4 Å². The van der Waals surface area contributed by atoms with E-state index in [2.05, 4.69) is 38.1 Å². The first kappa shape index (κ1) is 14.2. The van der Waals surface area contributed by atoms with Crippen molar-refractivity contribution in [3.05, 3.63) is 28.7 Å². The summed E-state index contributed by atoms with van der Waals surface area (Å²) in [4.78, 5) is 19.3. The van der Waals surface area contributed by atoms with E-state index in [1.165, 1.54) is 12.8 Å². The maximum atomic E-state index is 12.5. The Morgan fingerprint density at radius 1 is 1.41 bits per heavy atom. The van der Waals surface area contributed by atoms with Gasteiger partial charge in [-0.25, -0.2) is 0 Å². The summed E-state index contributed by atoms with van der Waals surface area (Å²) in [5.41, 5.74) is 1.09. The van der Waals surface area contributed by atoms with Crippen LogP contribution in [0.3, 0.4) is 0 Å². The lowest BCUT2D eigenvalue weighted by Gasteiger charge is -2.49. The lowest BCUT2D eigenvalue weighted by molar-refractivity contribution is 0.0216. The molecule has 0 aromatic carbocycles. The first-order valence-electron chi connectivity index (χ1n) is 7.72. The molecule has 5 rings (SSSR count). The van der Waals surface area contributed by atoms with Gasteiger partial charge in [0, 0.05) is 35.8 Å². The number of carbonyl (C=O) groups is 1. The fraction of sp³-hybridized carbons (Fsp3) is 0.500. The molecule has 5 nitrogen and oxygen atoms in total. The lowest BCUT2D eigenvalue weighted by atomic mass is 9.79. The minimum atomic E-state index is -0.111. The molecule has 2 atom stereocenters. The van der Waals surface area contributed by atoms with Gasteiger partial charge in [0.15, 0.2) is 4.67 Å². The summed E-state index contributed by atoms with van der Waals surface area (Å²) in [6.07, 6.45) is 4.03.